The fourth-order valence-corrected chi connectivity index (χ4v) is 2.38. The van der Waals surface area contributed by atoms with Crippen molar-refractivity contribution < 1.29 is 28.9 Å². The molecule has 2 rings (SSSR count). The highest BCUT2D eigenvalue weighted by Gasteiger charge is 2.49. The van der Waals surface area contributed by atoms with Crippen LogP contribution >= 0.6 is 0 Å². The number of nitrogens with zero attached hydrogens (tertiary/aromatic N) is 1. The topological polar surface area (TPSA) is 104 Å². The first-order valence-electron chi connectivity index (χ1n) is 6.72. The summed E-state index contributed by atoms with van der Waals surface area (Å²) in [7, 11) is 0. The number of carbonyl (C=O) groups is 2. The number of aromatic nitrogens is 1. The van der Waals surface area contributed by atoms with Crippen LogP contribution < -0.4 is 5.56 Å². The van der Waals surface area contributed by atoms with Crippen molar-refractivity contribution in [2.24, 2.45) is 0 Å². The lowest BCUT2D eigenvalue weighted by atomic mass is 10.1. The van der Waals surface area contributed by atoms with Crippen LogP contribution in [0.25, 0.3) is 0 Å². The third-order valence-electron chi connectivity index (χ3n) is 3.19. The van der Waals surface area contributed by atoms with Gasteiger partial charge >= 0.3 is 11.9 Å². The van der Waals surface area contributed by atoms with E-state index < -0.39 is 43.1 Å². The van der Waals surface area contributed by atoms with Gasteiger partial charge in [-0.05, 0) is 6.07 Å². The van der Waals surface area contributed by atoms with Crippen molar-refractivity contribution in [2.45, 2.75) is 38.4 Å². The van der Waals surface area contributed by atoms with Crippen molar-refractivity contribution >= 4 is 11.9 Å². The minimum Gasteiger partial charge on any atom is -0.456 e. The normalized spacial score (nSPS) is 27.4. The molecular weight excluding hydrogens is 294 g/mol. The summed E-state index contributed by atoms with van der Waals surface area (Å²) in [5.74, 6) is -1.22. The number of hydrogen-bond donors (Lipinski definition) is 1. The number of rotatable bonds is 4. The maximum atomic E-state index is 11.9. The first-order chi connectivity index (χ1) is 10.4. The molecule has 0 spiro atoms. The second-order valence-corrected chi connectivity index (χ2v) is 4.84. The molecule has 1 aliphatic heterocycles. The van der Waals surface area contributed by atoms with Crippen LogP contribution in [0.1, 0.15) is 20.1 Å². The fraction of sp³-hybridized carbons (Fsp3) is 0.500. The van der Waals surface area contributed by atoms with Crippen LogP contribution in [0.4, 0.5) is 0 Å². The van der Waals surface area contributed by atoms with Crippen LogP contribution in [0, 0.1) is 0 Å². The van der Waals surface area contributed by atoms with E-state index in [9.17, 15) is 19.5 Å². The van der Waals surface area contributed by atoms with E-state index in [1.165, 1.54) is 30.7 Å². The first-order valence-corrected chi connectivity index (χ1v) is 6.72. The highest BCUT2D eigenvalue weighted by Crippen LogP contribution is 2.33. The predicted molar refractivity (Wildman–Crippen MR) is 72.8 cm³/mol. The average Bonchev–Trinajstić information content (AvgIpc) is 2.76. The van der Waals surface area contributed by atoms with Crippen LogP contribution in [-0.2, 0) is 23.8 Å². The molecule has 8 nitrogen and oxygen atoms in total. The van der Waals surface area contributed by atoms with E-state index in [1.807, 2.05) is 0 Å². The van der Waals surface area contributed by atoms with Gasteiger partial charge in [0.25, 0.3) is 5.56 Å². The van der Waals surface area contributed by atoms with Crippen molar-refractivity contribution in [3.05, 3.63) is 34.7 Å². The number of carbonyl (C=O) groups excluding carboxylic acids is 2. The van der Waals surface area contributed by atoms with Gasteiger partial charge in [0.1, 0.15) is 6.10 Å². The van der Waals surface area contributed by atoms with Crippen LogP contribution in [0.2, 0.25) is 0 Å². The SMILES string of the molecule is CC(=O)O[C@@H]1[C@H](OC(C)=O)[C@@H](CO)O[C@H]1n1ccccc1=O. The summed E-state index contributed by atoms with van der Waals surface area (Å²) in [6, 6.07) is 4.49. The van der Waals surface area contributed by atoms with E-state index >= 15 is 0 Å². The summed E-state index contributed by atoms with van der Waals surface area (Å²) < 4.78 is 17.1. The molecule has 0 aliphatic carbocycles. The summed E-state index contributed by atoms with van der Waals surface area (Å²) in [6.07, 6.45) is -2.44. The van der Waals surface area contributed by atoms with Gasteiger partial charge in [-0.2, -0.15) is 0 Å². The second-order valence-electron chi connectivity index (χ2n) is 4.84. The van der Waals surface area contributed by atoms with Gasteiger partial charge in [-0.25, -0.2) is 0 Å². The molecule has 1 fully saturated rings. The van der Waals surface area contributed by atoms with E-state index in [0.717, 1.165) is 0 Å². The lowest BCUT2D eigenvalue weighted by Crippen LogP contribution is -2.41. The molecule has 1 aromatic rings. The van der Waals surface area contributed by atoms with Gasteiger partial charge in [0.2, 0.25) is 0 Å². The van der Waals surface area contributed by atoms with Crippen molar-refractivity contribution in [3.8, 4) is 0 Å². The fourth-order valence-electron chi connectivity index (χ4n) is 2.38. The maximum absolute atomic E-state index is 11.9. The Balaban J connectivity index is 2.39. The Morgan fingerprint density at radius 1 is 1.23 bits per heavy atom. The monoisotopic (exact) mass is 311 g/mol. The number of aliphatic hydroxyl groups excluding tert-OH is 1. The van der Waals surface area contributed by atoms with Crippen molar-refractivity contribution in [1.82, 2.24) is 4.57 Å². The zero-order valence-corrected chi connectivity index (χ0v) is 12.2. The van der Waals surface area contributed by atoms with Crippen LogP contribution in [0.15, 0.2) is 29.2 Å². The number of ether oxygens (including phenoxy) is 3. The maximum Gasteiger partial charge on any atom is 0.303 e. The minimum atomic E-state index is -1.03. The highest BCUT2D eigenvalue weighted by atomic mass is 16.6. The van der Waals surface area contributed by atoms with Crippen molar-refractivity contribution in [1.29, 1.82) is 0 Å². The summed E-state index contributed by atoms with van der Waals surface area (Å²) in [4.78, 5) is 34.5. The summed E-state index contributed by atoms with van der Waals surface area (Å²) in [5.41, 5.74) is -0.371. The van der Waals surface area contributed by atoms with Crippen molar-refractivity contribution in [2.75, 3.05) is 6.61 Å². The zero-order valence-electron chi connectivity index (χ0n) is 12.2. The Hall–Kier alpha value is -2.19. The quantitative estimate of drug-likeness (QED) is 0.754. The molecule has 1 aliphatic rings. The third kappa shape index (κ3) is 3.34. The van der Waals surface area contributed by atoms with Crippen LogP contribution in [0.3, 0.4) is 0 Å². The van der Waals surface area contributed by atoms with Gasteiger partial charge in [-0.3, -0.25) is 19.0 Å². The van der Waals surface area contributed by atoms with E-state index in [2.05, 4.69) is 0 Å². The van der Waals surface area contributed by atoms with E-state index in [-0.39, 0.29) is 5.56 Å². The van der Waals surface area contributed by atoms with Gasteiger partial charge in [-0.1, -0.05) is 6.07 Å². The molecule has 0 aromatic carbocycles. The molecule has 0 unspecified atom stereocenters. The lowest BCUT2D eigenvalue weighted by molar-refractivity contribution is -0.165. The summed E-state index contributed by atoms with van der Waals surface area (Å²) in [6.45, 7) is 1.94. The summed E-state index contributed by atoms with van der Waals surface area (Å²) in [5, 5.41) is 9.39. The largest absolute Gasteiger partial charge is 0.456 e. The average molecular weight is 311 g/mol. The molecule has 120 valence electrons. The molecule has 1 N–H and O–H groups in total. The van der Waals surface area contributed by atoms with Gasteiger partial charge in [0.15, 0.2) is 18.4 Å². The Labute approximate surface area is 126 Å². The van der Waals surface area contributed by atoms with E-state index in [4.69, 9.17) is 14.2 Å². The Bertz CT molecular complexity index is 611. The molecule has 0 saturated carbocycles. The molecule has 4 atom stereocenters. The van der Waals surface area contributed by atoms with Gasteiger partial charge in [0.05, 0.1) is 6.61 Å². The molecule has 0 radical (unpaired) electrons. The number of hydrogen-bond acceptors (Lipinski definition) is 7. The Kier molecular flexibility index (Phi) is 4.94. The van der Waals surface area contributed by atoms with E-state index in [0.29, 0.717) is 0 Å². The number of pyridine rings is 1. The van der Waals surface area contributed by atoms with Gasteiger partial charge < -0.3 is 19.3 Å². The Morgan fingerprint density at radius 2 is 1.86 bits per heavy atom. The smallest absolute Gasteiger partial charge is 0.303 e. The molecular formula is C14H17NO7. The van der Waals surface area contributed by atoms with E-state index in [1.54, 1.807) is 12.1 Å². The Morgan fingerprint density at radius 3 is 2.41 bits per heavy atom. The molecule has 22 heavy (non-hydrogen) atoms. The molecule has 1 aromatic heterocycles. The van der Waals surface area contributed by atoms with Gasteiger partial charge in [-0.15, -0.1) is 0 Å². The van der Waals surface area contributed by atoms with Crippen LogP contribution in [0.5, 0.6) is 0 Å². The first kappa shape index (κ1) is 16.2. The number of esters is 2. The lowest BCUT2D eigenvalue weighted by Gasteiger charge is -2.23. The number of aliphatic hydroxyl groups is 1. The standard InChI is InChI=1S/C14H17NO7/c1-8(17)20-12-10(7-16)22-14(13(12)21-9(2)18)15-6-4-3-5-11(15)19/h3-6,10,12-14,16H,7H2,1-2H3/t10-,12-,13-,14-/m1/s1. The second kappa shape index (κ2) is 6.71. The van der Waals surface area contributed by atoms with Crippen molar-refractivity contribution in [3.63, 3.8) is 0 Å². The third-order valence-corrected chi connectivity index (χ3v) is 3.19. The molecule has 0 bridgehead atoms. The highest BCUT2D eigenvalue weighted by molar-refractivity contribution is 5.67. The molecule has 8 heteroatoms. The van der Waals surface area contributed by atoms with Crippen LogP contribution in [-0.4, -0.2) is 46.5 Å². The molecule has 2 heterocycles. The predicted octanol–water partition coefficient (Wildman–Crippen LogP) is -0.399. The minimum absolute atomic E-state index is 0.371. The zero-order chi connectivity index (χ0) is 16.3. The summed E-state index contributed by atoms with van der Waals surface area (Å²) >= 11 is 0. The molecule has 1 saturated heterocycles. The molecule has 0 amide bonds. The van der Waals surface area contributed by atoms with Gasteiger partial charge in [0, 0.05) is 26.1 Å².